The van der Waals surface area contributed by atoms with Crippen molar-refractivity contribution >= 4 is 26.1 Å². The van der Waals surface area contributed by atoms with Crippen LogP contribution in [0.1, 0.15) is 34.6 Å². The zero-order valence-electron chi connectivity index (χ0n) is 26.7. The molecule has 0 aromatic carbocycles. The second kappa shape index (κ2) is 18.8. The van der Waals surface area contributed by atoms with Crippen LogP contribution in [0, 0.1) is 5.92 Å². The molecule has 4 N–H and O–H groups in total. The third-order valence-corrected chi connectivity index (χ3v) is 7.59. The summed E-state index contributed by atoms with van der Waals surface area (Å²) >= 11 is 0. The lowest BCUT2D eigenvalue weighted by Gasteiger charge is -2.42. The molecule has 1 unspecified atom stereocenters. The Balaban J connectivity index is 3.33. The minimum absolute atomic E-state index is 0.0837. The van der Waals surface area contributed by atoms with E-state index in [1.807, 2.05) is 0 Å². The van der Waals surface area contributed by atoms with Crippen molar-refractivity contribution in [1.29, 1.82) is 0 Å². The normalized spacial score (nSPS) is 15.6. The van der Waals surface area contributed by atoms with Gasteiger partial charge in [-0.25, -0.2) is 37.0 Å². The summed E-state index contributed by atoms with van der Waals surface area (Å²) in [6.07, 6.45) is -4.19. The van der Waals surface area contributed by atoms with Crippen LogP contribution in [0.4, 0.5) is 14.0 Å². The van der Waals surface area contributed by atoms with Gasteiger partial charge in [0.25, 0.3) is 5.56 Å². The average Bonchev–Trinajstić information content (AvgIpc) is 3.01. The summed E-state index contributed by atoms with van der Waals surface area (Å²) in [6, 6.07) is -0.298. The molecule has 1 aromatic heterocycles. The molecule has 4 atom stereocenters. The number of phosphoric ester groups is 1. The molecule has 0 aliphatic rings. The van der Waals surface area contributed by atoms with E-state index in [4.69, 9.17) is 28.8 Å². The second-order valence-electron chi connectivity index (χ2n) is 9.87. The number of ether oxygens (including phenoxy) is 6. The minimum atomic E-state index is -4.99. The maximum Gasteiger partial charge on any atom is 0.510 e. The van der Waals surface area contributed by atoms with Gasteiger partial charge in [-0.1, -0.05) is 13.8 Å². The average molecular weight is 706 g/mol. The number of hydrogen-bond acceptors (Lipinski definition) is 18. The van der Waals surface area contributed by atoms with E-state index in [1.165, 1.54) is 13.8 Å². The number of alkyl halides is 1. The number of halogens is 1. The summed E-state index contributed by atoms with van der Waals surface area (Å²) in [5, 5.41) is 22.5. The van der Waals surface area contributed by atoms with E-state index < -0.39 is 94.4 Å². The highest BCUT2D eigenvalue weighted by Crippen LogP contribution is 2.50. The molecule has 0 saturated heterocycles. The highest BCUT2D eigenvalue weighted by molar-refractivity contribution is 7.48. The molecule has 0 saturated carbocycles. The maximum absolute atomic E-state index is 14.6. The van der Waals surface area contributed by atoms with Gasteiger partial charge in [-0.05, 0) is 26.7 Å². The standard InChI is InChI=1S/C25H41FN3O17P/c1-7-39-22(34)42-14-45-47(37,46-15-43-23(35)40-8-2)44-12-25(11-26,38-6)20(32)24(5,36)29-10-9-17(30)28(21(29)33)13-41-19(31)18(27)16(3)4/h9-10,16,18,20,32,36H,7-8,11-15,27H2,1-6H3/t18?,20-,24+,25+/m0/s1. The summed E-state index contributed by atoms with van der Waals surface area (Å²) in [5.74, 6) is -1.27. The van der Waals surface area contributed by atoms with Gasteiger partial charge in [-0.3, -0.25) is 18.7 Å². The van der Waals surface area contributed by atoms with Gasteiger partial charge in [-0.2, -0.15) is 0 Å². The van der Waals surface area contributed by atoms with Crippen LogP contribution in [0.2, 0.25) is 0 Å². The Hall–Kier alpha value is -3.43. The van der Waals surface area contributed by atoms with Gasteiger partial charge in [0, 0.05) is 19.4 Å². The summed E-state index contributed by atoms with van der Waals surface area (Å²) in [7, 11) is -4.13. The molecule has 1 heterocycles. The molecule has 0 aliphatic heterocycles. The van der Waals surface area contributed by atoms with E-state index in [9.17, 15) is 43.1 Å². The summed E-state index contributed by atoms with van der Waals surface area (Å²) in [6.45, 7) is 0.775. The predicted molar refractivity (Wildman–Crippen MR) is 153 cm³/mol. The molecule has 47 heavy (non-hydrogen) atoms. The lowest BCUT2D eigenvalue weighted by atomic mass is 9.90. The number of carbonyl (C=O) groups is 3. The van der Waals surface area contributed by atoms with Crippen LogP contribution >= 0.6 is 7.82 Å². The lowest BCUT2D eigenvalue weighted by molar-refractivity contribution is -0.228. The zero-order chi connectivity index (χ0) is 36.0. The first kappa shape index (κ1) is 41.6. The summed E-state index contributed by atoms with van der Waals surface area (Å²) in [4.78, 5) is 60.7. The first-order valence-corrected chi connectivity index (χ1v) is 15.3. The molecule has 270 valence electrons. The first-order valence-electron chi connectivity index (χ1n) is 13.8. The van der Waals surface area contributed by atoms with E-state index >= 15 is 0 Å². The van der Waals surface area contributed by atoms with Crippen molar-refractivity contribution in [2.45, 2.75) is 64.8 Å². The van der Waals surface area contributed by atoms with Crippen molar-refractivity contribution < 1.29 is 75.5 Å². The van der Waals surface area contributed by atoms with Crippen molar-refractivity contribution in [3.05, 3.63) is 33.1 Å². The number of hydrogen-bond donors (Lipinski definition) is 3. The molecule has 0 fully saturated rings. The Bertz CT molecular complexity index is 1320. The van der Waals surface area contributed by atoms with Crippen molar-refractivity contribution in [2.75, 3.05) is 47.2 Å². The number of aliphatic hydroxyl groups is 2. The molecule has 0 amide bonds. The van der Waals surface area contributed by atoms with Crippen molar-refractivity contribution in [3.8, 4) is 0 Å². The number of phosphoric acid groups is 1. The summed E-state index contributed by atoms with van der Waals surface area (Å²) in [5.41, 5.74) is -2.06. The fourth-order valence-electron chi connectivity index (χ4n) is 3.42. The number of esters is 1. The topological polar surface area (TPSA) is 262 Å². The van der Waals surface area contributed by atoms with E-state index in [2.05, 4.69) is 18.9 Å². The van der Waals surface area contributed by atoms with Gasteiger partial charge >= 0.3 is 31.8 Å². The van der Waals surface area contributed by atoms with Crippen LogP contribution in [0.25, 0.3) is 0 Å². The van der Waals surface area contributed by atoms with Gasteiger partial charge in [0.1, 0.15) is 18.8 Å². The Morgan fingerprint density at radius 3 is 1.98 bits per heavy atom. The zero-order valence-corrected chi connectivity index (χ0v) is 27.5. The fourth-order valence-corrected chi connectivity index (χ4v) is 4.38. The lowest BCUT2D eigenvalue weighted by Crippen LogP contribution is -2.63. The number of nitrogens with zero attached hydrogens (tertiary/aromatic N) is 2. The van der Waals surface area contributed by atoms with Gasteiger partial charge < -0.3 is 44.4 Å². The van der Waals surface area contributed by atoms with E-state index in [1.54, 1.807) is 13.8 Å². The highest BCUT2D eigenvalue weighted by Gasteiger charge is 2.52. The molecule has 1 aromatic rings. The number of aliphatic hydroxyl groups excluding tert-OH is 1. The van der Waals surface area contributed by atoms with Crippen LogP contribution < -0.4 is 17.0 Å². The molecular formula is C25H41FN3O17P. The van der Waals surface area contributed by atoms with Crippen LogP contribution in [0.15, 0.2) is 21.9 Å². The SMILES string of the molecule is CCOC(=O)OCOP(=O)(OCOC(=O)OCC)OC[C@@](CF)(OC)[C@@H](O)[C@@](C)(O)n1ccc(=O)n(COC(=O)C(N)C(C)C)c1=O. The smallest absolute Gasteiger partial charge is 0.442 e. The number of carbonyl (C=O) groups excluding carboxylic acids is 3. The second-order valence-corrected chi connectivity index (χ2v) is 11.5. The Morgan fingerprint density at radius 2 is 1.53 bits per heavy atom. The van der Waals surface area contributed by atoms with Gasteiger partial charge in [0.05, 0.1) is 19.8 Å². The highest BCUT2D eigenvalue weighted by atomic mass is 31.2. The van der Waals surface area contributed by atoms with Crippen LogP contribution in [-0.2, 0) is 63.8 Å². The minimum Gasteiger partial charge on any atom is -0.442 e. The summed E-state index contributed by atoms with van der Waals surface area (Å²) < 4.78 is 71.6. The number of rotatable bonds is 20. The van der Waals surface area contributed by atoms with Crippen molar-refractivity contribution in [2.24, 2.45) is 11.7 Å². The number of methoxy groups -OCH3 is 1. The van der Waals surface area contributed by atoms with Crippen LogP contribution in [0.5, 0.6) is 0 Å². The molecule has 0 radical (unpaired) electrons. The third kappa shape index (κ3) is 11.6. The molecule has 0 aliphatic carbocycles. The Kier molecular flexibility index (Phi) is 16.6. The molecule has 22 heteroatoms. The van der Waals surface area contributed by atoms with Gasteiger partial charge in [-0.15, -0.1) is 0 Å². The predicted octanol–water partition coefficient (Wildman–Crippen LogP) is 0.294. The number of nitrogens with two attached hydrogens (primary N) is 1. The largest absolute Gasteiger partial charge is 0.510 e. The van der Waals surface area contributed by atoms with Crippen molar-refractivity contribution in [3.63, 3.8) is 0 Å². The molecular weight excluding hydrogens is 664 g/mol. The van der Waals surface area contributed by atoms with E-state index in [0.29, 0.717) is 9.13 Å². The first-order chi connectivity index (χ1) is 21.9. The third-order valence-electron chi connectivity index (χ3n) is 6.30. The monoisotopic (exact) mass is 705 g/mol. The van der Waals surface area contributed by atoms with E-state index in [0.717, 1.165) is 26.3 Å². The maximum atomic E-state index is 14.6. The fraction of sp³-hybridized carbons (Fsp3) is 0.720. The van der Waals surface area contributed by atoms with E-state index in [-0.39, 0.29) is 19.1 Å². The number of aromatic nitrogens is 2. The van der Waals surface area contributed by atoms with Gasteiger partial charge in [0.2, 0.25) is 13.6 Å². The van der Waals surface area contributed by atoms with Gasteiger partial charge in [0.15, 0.2) is 18.1 Å². The Morgan fingerprint density at radius 1 is 1.00 bits per heavy atom. The van der Waals surface area contributed by atoms with Crippen LogP contribution in [0.3, 0.4) is 0 Å². The van der Waals surface area contributed by atoms with Crippen LogP contribution in [-0.4, -0.2) is 103 Å². The molecule has 20 nitrogen and oxygen atoms in total. The van der Waals surface area contributed by atoms with Crippen molar-refractivity contribution in [1.82, 2.24) is 9.13 Å². The quantitative estimate of drug-likeness (QED) is 0.0712. The molecule has 0 bridgehead atoms. The Labute approximate surface area is 267 Å². The molecule has 1 rings (SSSR count). The molecule has 0 spiro atoms.